The summed E-state index contributed by atoms with van der Waals surface area (Å²) in [5, 5.41) is 6.10. The number of anilines is 1. The van der Waals surface area contributed by atoms with Crippen LogP contribution in [-0.2, 0) is 15.7 Å². The molecular formula is C20H27ClF3N5O2S. The van der Waals surface area contributed by atoms with Crippen molar-refractivity contribution in [3.05, 3.63) is 28.8 Å². The number of hydrogen-bond donors (Lipinski definition) is 2. The summed E-state index contributed by atoms with van der Waals surface area (Å²) >= 11 is 11.1. The molecule has 12 heteroatoms. The van der Waals surface area contributed by atoms with Gasteiger partial charge in [0, 0.05) is 58.0 Å². The van der Waals surface area contributed by atoms with Crippen molar-refractivity contribution in [2.75, 3.05) is 77.4 Å². The van der Waals surface area contributed by atoms with E-state index >= 15 is 0 Å². The van der Waals surface area contributed by atoms with Crippen LogP contribution < -0.4 is 10.6 Å². The Kier molecular flexibility index (Phi) is 8.95. The van der Waals surface area contributed by atoms with Crippen LogP contribution in [0.15, 0.2) is 18.2 Å². The Bertz CT molecular complexity index is 800. The fraction of sp³-hybridized carbons (Fsp3) is 0.600. The highest BCUT2D eigenvalue weighted by atomic mass is 35.5. The summed E-state index contributed by atoms with van der Waals surface area (Å²) in [6.45, 7) is 7.78. The zero-order chi connectivity index (χ0) is 23.1. The number of morpholine rings is 1. The first-order valence-corrected chi connectivity index (χ1v) is 11.2. The van der Waals surface area contributed by atoms with Gasteiger partial charge in [-0.05, 0) is 30.4 Å². The minimum atomic E-state index is -4.58. The number of carbonyl (C=O) groups excluding carboxylic acids is 1. The fourth-order valence-electron chi connectivity index (χ4n) is 3.59. The second-order valence-electron chi connectivity index (χ2n) is 7.69. The Hall–Kier alpha value is -1.66. The number of thiocarbonyl (C=S) groups is 1. The van der Waals surface area contributed by atoms with Crippen LogP contribution in [0.4, 0.5) is 18.9 Å². The summed E-state index contributed by atoms with van der Waals surface area (Å²) in [5.74, 6) is -0.375. The molecule has 0 unspecified atom stereocenters. The third kappa shape index (κ3) is 7.45. The Labute approximate surface area is 195 Å². The smallest absolute Gasteiger partial charge is 0.379 e. The quantitative estimate of drug-likeness (QED) is 0.589. The molecule has 0 aliphatic carbocycles. The van der Waals surface area contributed by atoms with Crippen molar-refractivity contribution in [1.82, 2.24) is 20.0 Å². The monoisotopic (exact) mass is 493 g/mol. The summed E-state index contributed by atoms with van der Waals surface area (Å²) in [7, 11) is 0. The van der Waals surface area contributed by atoms with Crippen molar-refractivity contribution < 1.29 is 22.7 Å². The van der Waals surface area contributed by atoms with Crippen LogP contribution in [0.5, 0.6) is 0 Å². The molecule has 0 bridgehead atoms. The predicted octanol–water partition coefficient (Wildman–Crippen LogP) is 2.12. The fourth-order valence-corrected chi connectivity index (χ4v) is 4.10. The molecule has 1 aromatic rings. The van der Waals surface area contributed by atoms with E-state index < -0.39 is 16.8 Å². The van der Waals surface area contributed by atoms with Crippen LogP contribution in [0.3, 0.4) is 0 Å². The van der Waals surface area contributed by atoms with Crippen molar-refractivity contribution in [3.8, 4) is 0 Å². The summed E-state index contributed by atoms with van der Waals surface area (Å²) in [6.07, 6.45) is -4.58. The predicted molar refractivity (Wildman–Crippen MR) is 121 cm³/mol. The molecule has 0 saturated carbocycles. The molecule has 32 heavy (non-hydrogen) atoms. The van der Waals surface area contributed by atoms with Gasteiger partial charge < -0.3 is 20.3 Å². The number of halogens is 4. The van der Waals surface area contributed by atoms with Crippen molar-refractivity contribution in [3.63, 3.8) is 0 Å². The van der Waals surface area contributed by atoms with E-state index in [2.05, 4.69) is 20.4 Å². The van der Waals surface area contributed by atoms with Gasteiger partial charge in [-0.1, -0.05) is 11.6 Å². The molecule has 2 saturated heterocycles. The van der Waals surface area contributed by atoms with E-state index in [4.69, 9.17) is 28.6 Å². The lowest BCUT2D eigenvalue weighted by Crippen LogP contribution is -2.53. The first kappa shape index (κ1) is 25.0. The Morgan fingerprint density at radius 2 is 1.78 bits per heavy atom. The summed E-state index contributed by atoms with van der Waals surface area (Å²) in [5.41, 5.74) is -0.906. The molecule has 178 valence electrons. The van der Waals surface area contributed by atoms with Gasteiger partial charge in [-0.3, -0.25) is 14.6 Å². The maximum Gasteiger partial charge on any atom is 0.417 e. The molecule has 2 heterocycles. The van der Waals surface area contributed by atoms with Crippen LogP contribution in [0.2, 0.25) is 5.02 Å². The maximum atomic E-state index is 13.0. The largest absolute Gasteiger partial charge is 0.417 e. The van der Waals surface area contributed by atoms with E-state index in [9.17, 15) is 18.0 Å². The molecule has 2 aliphatic heterocycles. The van der Waals surface area contributed by atoms with Gasteiger partial charge in [-0.15, -0.1) is 0 Å². The molecule has 1 aromatic carbocycles. The van der Waals surface area contributed by atoms with Gasteiger partial charge in [-0.25, -0.2) is 0 Å². The van der Waals surface area contributed by atoms with E-state index in [0.717, 1.165) is 51.5 Å². The number of ether oxygens (including phenoxy) is 1. The lowest BCUT2D eigenvalue weighted by Gasteiger charge is -2.36. The van der Waals surface area contributed by atoms with Crippen LogP contribution >= 0.6 is 23.8 Å². The molecule has 3 rings (SSSR count). The number of hydrogen-bond acceptors (Lipinski definition) is 5. The average molecular weight is 494 g/mol. The van der Waals surface area contributed by atoms with E-state index in [-0.39, 0.29) is 18.1 Å². The second-order valence-corrected chi connectivity index (χ2v) is 8.48. The lowest BCUT2D eigenvalue weighted by molar-refractivity contribution is -0.137. The minimum Gasteiger partial charge on any atom is -0.379 e. The van der Waals surface area contributed by atoms with E-state index in [1.807, 2.05) is 4.90 Å². The number of alkyl halides is 3. The highest BCUT2D eigenvalue weighted by molar-refractivity contribution is 7.80. The molecular weight excluding hydrogens is 467 g/mol. The van der Waals surface area contributed by atoms with E-state index in [1.165, 1.54) is 6.07 Å². The lowest BCUT2D eigenvalue weighted by atomic mass is 10.2. The molecule has 0 aromatic heterocycles. The normalized spacial score (nSPS) is 18.4. The van der Waals surface area contributed by atoms with Crippen molar-refractivity contribution in [1.29, 1.82) is 0 Å². The number of carbonyl (C=O) groups is 1. The molecule has 0 spiro atoms. The van der Waals surface area contributed by atoms with Gasteiger partial charge in [0.25, 0.3) is 0 Å². The van der Waals surface area contributed by atoms with Gasteiger partial charge in [0.2, 0.25) is 5.91 Å². The number of benzene rings is 1. The third-order valence-electron chi connectivity index (χ3n) is 5.39. The number of rotatable bonds is 6. The molecule has 0 atom stereocenters. The van der Waals surface area contributed by atoms with Crippen LogP contribution in [-0.4, -0.2) is 97.8 Å². The summed E-state index contributed by atoms with van der Waals surface area (Å²) in [4.78, 5) is 18.6. The zero-order valence-electron chi connectivity index (χ0n) is 17.6. The number of nitrogens with one attached hydrogen (secondary N) is 2. The minimum absolute atomic E-state index is 0.0657. The molecule has 7 nitrogen and oxygen atoms in total. The number of nitrogens with zero attached hydrogens (tertiary/aromatic N) is 3. The molecule has 2 N–H and O–H groups in total. The molecule has 0 radical (unpaired) electrons. The van der Waals surface area contributed by atoms with Gasteiger partial charge in [0.15, 0.2) is 5.11 Å². The van der Waals surface area contributed by atoms with Crippen LogP contribution in [0, 0.1) is 0 Å². The van der Waals surface area contributed by atoms with Crippen molar-refractivity contribution in [2.24, 2.45) is 0 Å². The van der Waals surface area contributed by atoms with Crippen LogP contribution in [0.1, 0.15) is 5.56 Å². The van der Waals surface area contributed by atoms with Gasteiger partial charge in [-0.2, -0.15) is 13.2 Å². The van der Waals surface area contributed by atoms with Gasteiger partial charge in [0.1, 0.15) is 0 Å². The Morgan fingerprint density at radius 1 is 1.09 bits per heavy atom. The van der Waals surface area contributed by atoms with E-state index in [1.54, 1.807) is 0 Å². The first-order chi connectivity index (χ1) is 15.2. The first-order valence-electron chi connectivity index (χ1n) is 10.4. The standard InChI is InChI=1S/C20H27ClF3N5O2S/c21-17-2-1-15(13-16(17)20(22,23)24)26-18(30)14-28-5-7-29(8-6-28)19(32)25-3-4-27-9-11-31-12-10-27/h1-2,13H,3-12,14H2,(H,25,32)(H,26,30). The maximum absolute atomic E-state index is 13.0. The Morgan fingerprint density at radius 3 is 2.44 bits per heavy atom. The zero-order valence-corrected chi connectivity index (χ0v) is 19.2. The van der Waals surface area contributed by atoms with Crippen molar-refractivity contribution in [2.45, 2.75) is 6.18 Å². The molecule has 1 amide bonds. The highest BCUT2D eigenvalue weighted by Gasteiger charge is 2.33. The SMILES string of the molecule is O=C(CN1CCN(C(=S)NCCN2CCOCC2)CC1)Nc1ccc(Cl)c(C(F)(F)F)c1. The molecule has 2 fully saturated rings. The number of piperazine rings is 1. The topological polar surface area (TPSA) is 60.1 Å². The van der Waals surface area contributed by atoms with Gasteiger partial charge >= 0.3 is 6.18 Å². The van der Waals surface area contributed by atoms with Crippen molar-refractivity contribution >= 4 is 40.5 Å². The molecule has 2 aliphatic rings. The summed E-state index contributed by atoms with van der Waals surface area (Å²) in [6, 6.07) is 3.33. The number of amides is 1. The highest BCUT2D eigenvalue weighted by Crippen LogP contribution is 2.36. The summed E-state index contributed by atoms with van der Waals surface area (Å²) < 4.78 is 44.3. The average Bonchev–Trinajstić information content (AvgIpc) is 2.75. The van der Waals surface area contributed by atoms with Gasteiger partial charge in [0.05, 0.1) is 30.3 Å². The van der Waals surface area contributed by atoms with E-state index in [0.29, 0.717) is 31.3 Å². The third-order valence-corrected chi connectivity index (χ3v) is 6.12. The second kappa shape index (κ2) is 11.5. The van der Waals surface area contributed by atoms with Crippen LogP contribution in [0.25, 0.3) is 0 Å². The Balaban J connectivity index is 1.38.